The van der Waals surface area contributed by atoms with Crippen molar-refractivity contribution in [3.05, 3.63) is 0 Å². The van der Waals surface area contributed by atoms with Gasteiger partial charge in [-0.15, -0.1) is 0 Å². The molecule has 0 fully saturated rings. The zero-order chi connectivity index (χ0) is 12.4. The highest BCUT2D eigenvalue weighted by Crippen LogP contribution is 2.02. The highest BCUT2D eigenvalue weighted by molar-refractivity contribution is 5.75. The summed E-state index contributed by atoms with van der Waals surface area (Å²) >= 11 is 0. The minimum absolute atomic E-state index is 0.164. The number of amides is 1. The van der Waals surface area contributed by atoms with E-state index in [9.17, 15) is 4.79 Å². The van der Waals surface area contributed by atoms with Gasteiger partial charge in [-0.05, 0) is 24.7 Å². The maximum Gasteiger partial charge on any atom is 0.220 e. The van der Waals surface area contributed by atoms with E-state index in [1.165, 1.54) is 0 Å². The van der Waals surface area contributed by atoms with Gasteiger partial charge in [0.05, 0.1) is 0 Å². The fourth-order valence-corrected chi connectivity index (χ4v) is 1.23. The monoisotopic (exact) mass is 229 g/mol. The molecule has 0 unspecified atom stereocenters. The van der Waals surface area contributed by atoms with Crippen LogP contribution < -0.4 is 5.32 Å². The van der Waals surface area contributed by atoms with Crippen molar-refractivity contribution in [2.24, 2.45) is 11.8 Å². The minimum Gasteiger partial charge on any atom is -0.381 e. The second kappa shape index (κ2) is 9.64. The first kappa shape index (κ1) is 15.4. The van der Waals surface area contributed by atoms with Gasteiger partial charge >= 0.3 is 0 Å². The highest BCUT2D eigenvalue weighted by atomic mass is 16.5. The standard InChI is InChI=1S/C13H27NO2/c1-11(2)6-7-13(15)14-8-5-9-16-10-12(3)4/h11-12H,5-10H2,1-4H3,(H,14,15). The van der Waals surface area contributed by atoms with Crippen molar-refractivity contribution in [3.8, 4) is 0 Å². The smallest absolute Gasteiger partial charge is 0.220 e. The Morgan fingerprint density at radius 3 is 2.44 bits per heavy atom. The Morgan fingerprint density at radius 1 is 1.19 bits per heavy atom. The minimum atomic E-state index is 0.164. The van der Waals surface area contributed by atoms with Crippen LogP contribution in [-0.2, 0) is 9.53 Å². The van der Waals surface area contributed by atoms with Gasteiger partial charge in [-0.25, -0.2) is 0 Å². The number of hydrogen-bond acceptors (Lipinski definition) is 2. The van der Waals surface area contributed by atoms with E-state index in [-0.39, 0.29) is 5.91 Å². The predicted molar refractivity (Wildman–Crippen MR) is 67.4 cm³/mol. The van der Waals surface area contributed by atoms with Crippen LogP contribution in [0.2, 0.25) is 0 Å². The van der Waals surface area contributed by atoms with Crippen molar-refractivity contribution in [2.45, 2.75) is 47.0 Å². The maximum absolute atomic E-state index is 11.3. The molecule has 0 radical (unpaired) electrons. The van der Waals surface area contributed by atoms with Crippen molar-refractivity contribution in [2.75, 3.05) is 19.8 Å². The lowest BCUT2D eigenvalue weighted by molar-refractivity contribution is -0.121. The van der Waals surface area contributed by atoms with Gasteiger partial charge in [-0.1, -0.05) is 27.7 Å². The molecule has 96 valence electrons. The second-order valence-electron chi connectivity index (χ2n) is 5.10. The number of nitrogens with one attached hydrogen (secondary N) is 1. The van der Waals surface area contributed by atoms with Crippen LogP contribution in [0.3, 0.4) is 0 Å². The molecule has 0 rings (SSSR count). The summed E-state index contributed by atoms with van der Waals surface area (Å²) in [4.78, 5) is 11.3. The molecule has 0 aromatic rings. The molecular formula is C13H27NO2. The van der Waals surface area contributed by atoms with E-state index in [4.69, 9.17) is 4.74 Å². The molecule has 0 aliphatic carbocycles. The summed E-state index contributed by atoms with van der Waals surface area (Å²) in [6.07, 6.45) is 2.51. The molecule has 0 aromatic carbocycles. The normalized spacial score (nSPS) is 11.1. The van der Waals surface area contributed by atoms with Gasteiger partial charge in [0.1, 0.15) is 0 Å². The quantitative estimate of drug-likeness (QED) is 0.617. The zero-order valence-corrected chi connectivity index (χ0v) is 11.2. The SMILES string of the molecule is CC(C)CCC(=O)NCCCOCC(C)C. The summed E-state index contributed by atoms with van der Waals surface area (Å²) in [5.41, 5.74) is 0. The van der Waals surface area contributed by atoms with Crippen molar-refractivity contribution < 1.29 is 9.53 Å². The molecule has 16 heavy (non-hydrogen) atoms. The molecule has 0 heterocycles. The summed E-state index contributed by atoms with van der Waals surface area (Å²) in [6, 6.07) is 0. The Bertz CT molecular complexity index is 179. The van der Waals surface area contributed by atoms with Gasteiger partial charge in [-0.2, -0.15) is 0 Å². The number of carbonyl (C=O) groups is 1. The van der Waals surface area contributed by atoms with E-state index in [0.29, 0.717) is 18.3 Å². The lowest BCUT2D eigenvalue weighted by Gasteiger charge is -2.08. The second-order valence-corrected chi connectivity index (χ2v) is 5.10. The summed E-state index contributed by atoms with van der Waals surface area (Å²) in [7, 11) is 0. The molecule has 0 saturated carbocycles. The first-order chi connectivity index (χ1) is 7.52. The Hall–Kier alpha value is -0.570. The molecule has 0 spiro atoms. The lowest BCUT2D eigenvalue weighted by atomic mass is 10.1. The van der Waals surface area contributed by atoms with Crippen LogP contribution in [0.4, 0.5) is 0 Å². The van der Waals surface area contributed by atoms with Crippen LogP contribution in [0, 0.1) is 11.8 Å². The number of ether oxygens (including phenoxy) is 1. The van der Waals surface area contributed by atoms with Crippen molar-refractivity contribution in [3.63, 3.8) is 0 Å². The van der Waals surface area contributed by atoms with Crippen molar-refractivity contribution in [1.29, 1.82) is 0 Å². The third kappa shape index (κ3) is 11.5. The number of hydrogen-bond donors (Lipinski definition) is 1. The van der Waals surface area contributed by atoms with E-state index < -0.39 is 0 Å². The molecule has 0 aliphatic rings. The Labute approximate surface area is 99.9 Å². The molecule has 0 bridgehead atoms. The van der Waals surface area contributed by atoms with Crippen LogP contribution in [0.15, 0.2) is 0 Å². The third-order valence-corrected chi connectivity index (χ3v) is 2.19. The summed E-state index contributed by atoms with van der Waals surface area (Å²) in [5, 5.41) is 2.91. The number of carbonyl (C=O) groups excluding carboxylic acids is 1. The summed E-state index contributed by atoms with van der Waals surface area (Å²) in [5.74, 6) is 1.35. The molecule has 0 saturated heterocycles. The fraction of sp³-hybridized carbons (Fsp3) is 0.923. The maximum atomic E-state index is 11.3. The molecule has 0 aromatic heterocycles. The predicted octanol–water partition coefficient (Wildman–Crippen LogP) is 2.60. The zero-order valence-electron chi connectivity index (χ0n) is 11.2. The van der Waals surface area contributed by atoms with Crippen molar-refractivity contribution in [1.82, 2.24) is 5.32 Å². The van der Waals surface area contributed by atoms with E-state index in [2.05, 4.69) is 33.0 Å². The van der Waals surface area contributed by atoms with E-state index >= 15 is 0 Å². The third-order valence-electron chi connectivity index (χ3n) is 2.19. The first-order valence-corrected chi connectivity index (χ1v) is 6.36. The highest BCUT2D eigenvalue weighted by Gasteiger charge is 2.02. The van der Waals surface area contributed by atoms with Crippen LogP contribution in [-0.4, -0.2) is 25.7 Å². The average molecular weight is 229 g/mol. The molecule has 1 N–H and O–H groups in total. The van der Waals surface area contributed by atoms with Crippen molar-refractivity contribution >= 4 is 5.91 Å². The first-order valence-electron chi connectivity index (χ1n) is 6.36. The lowest BCUT2D eigenvalue weighted by Crippen LogP contribution is -2.25. The van der Waals surface area contributed by atoms with Gasteiger partial charge in [0, 0.05) is 26.2 Å². The topological polar surface area (TPSA) is 38.3 Å². The molecular weight excluding hydrogens is 202 g/mol. The van der Waals surface area contributed by atoms with Crippen LogP contribution >= 0.6 is 0 Å². The average Bonchev–Trinajstić information content (AvgIpc) is 2.19. The molecule has 3 nitrogen and oxygen atoms in total. The van der Waals surface area contributed by atoms with E-state index in [0.717, 1.165) is 32.6 Å². The summed E-state index contributed by atoms with van der Waals surface area (Å²) < 4.78 is 5.42. The van der Waals surface area contributed by atoms with Gasteiger partial charge < -0.3 is 10.1 Å². The Morgan fingerprint density at radius 2 is 1.88 bits per heavy atom. The van der Waals surface area contributed by atoms with E-state index in [1.54, 1.807) is 0 Å². The summed E-state index contributed by atoms with van der Waals surface area (Å²) in [6.45, 7) is 10.8. The molecule has 0 aliphatic heterocycles. The molecule has 1 amide bonds. The Balaban J connectivity index is 3.21. The Kier molecular flexibility index (Phi) is 9.30. The fourth-order valence-electron chi connectivity index (χ4n) is 1.23. The van der Waals surface area contributed by atoms with Gasteiger partial charge in [-0.3, -0.25) is 4.79 Å². The van der Waals surface area contributed by atoms with Gasteiger partial charge in [0.15, 0.2) is 0 Å². The molecule has 0 atom stereocenters. The van der Waals surface area contributed by atoms with Gasteiger partial charge in [0.25, 0.3) is 0 Å². The van der Waals surface area contributed by atoms with E-state index in [1.807, 2.05) is 0 Å². The number of rotatable bonds is 9. The van der Waals surface area contributed by atoms with Crippen LogP contribution in [0.1, 0.15) is 47.0 Å². The van der Waals surface area contributed by atoms with Crippen LogP contribution in [0.25, 0.3) is 0 Å². The van der Waals surface area contributed by atoms with Gasteiger partial charge in [0.2, 0.25) is 5.91 Å². The largest absolute Gasteiger partial charge is 0.381 e. The van der Waals surface area contributed by atoms with Crippen LogP contribution in [0.5, 0.6) is 0 Å². The molecule has 3 heteroatoms.